The second kappa shape index (κ2) is 4.75. The maximum atomic E-state index is 10.8. The van der Waals surface area contributed by atoms with Gasteiger partial charge in [-0.2, -0.15) is 0 Å². The molecule has 0 radical (unpaired) electrons. The number of hydrogen-bond acceptors (Lipinski definition) is 2. The molecule has 1 aromatic carbocycles. The highest BCUT2D eigenvalue weighted by molar-refractivity contribution is 5.96. The third kappa shape index (κ3) is 2.09. The second-order valence-corrected chi connectivity index (χ2v) is 5.45. The number of carboxylic acid groups (broad SMARTS) is 1. The summed E-state index contributed by atoms with van der Waals surface area (Å²) in [4.78, 5) is 15.6. The first-order chi connectivity index (χ1) is 9.56. The Labute approximate surface area is 118 Å². The van der Waals surface area contributed by atoms with Gasteiger partial charge >= 0.3 is 5.97 Å². The van der Waals surface area contributed by atoms with Gasteiger partial charge < -0.3 is 5.11 Å². The molecule has 102 valence electrons. The smallest absolute Gasteiger partial charge is 0.328 e. The van der Waals surface area contributed by atoms with E-state index in [2.05, 4.69) is 26.0 Å². The van der Waals surface area contributed by atoms with E-state index in [1.807, 2.05) is 0 Å². The van der Waals surface area contributed by atoms with Gasteiger partial charge in [0, 0.05) is 17.2 Å². The van der Waals surface area contributed by atoms with Crippen LogP contribution in [-0.2, 0) is 17.6 Å². The van der Waals surface area contributed by atoms with Gasteiger partial charge in [0.05, 0.1) is 5.52 Å². The van der Waals surface area contributed by atoms with Crippen molar-refractivity contribution in [2.45, 2.75) is 33.1 Å². The van der Waals surface area contributed by atoms with Crippen molar-refractivity contribution in [1.29, 1.82) is 0 Å². The quantitative estimate of drug-likeness (QED) is 0.848. The number of carbonyl (C=O) groups is 1. The lowest BCUT2D eigenvalue weighted by molar-refractivity contribution is -0.131. The third-order valence-electron chi connectivity index (χ3n) is 3.89. The number of aromatic nitrogens is 1. The van der Waals surface area contributed by atoms with E-state index in [9.17, 15) is 4.79 Å². The molecule has 1 aromatic heterocycles. The Morgan fingerprint density at radius 3 is 2.85 bits per heavy atom. The van der Waals surface area contributed by atoms with Crippen LogP contribution >= 0.6 is 0 Å². The molecule has 2 aromatic rings. The number of aliphatic carboxylic acids is 1. The first kappa shape index (κ1) is 12.9. The maximum absolute atomic E-state index is 10.8. The van der Waals surface area contributed by atoms with Gasteiger partial charge in [-0.3, -0.25) is 4.98 Å². The van der Waals surface area contributed by atoms with Crippen LogP contribution in [-0.4, -0.2) is 16.1 Å². The average molecular weight is 267 g/mol. The molecule has 0 bridgehead atoms. The SMILES string of the molecule is Cc1cc(C)c2c(/C=C/C(=O)O)c3c(nc2c1)CCC3. The molecule has 3 rings (SSSR count). The van der Waals surface area contributed by atoms with Gasteiger partial charge in [-0.15, -0.1) is 0 Å². The lowest BCUT2D eigenvalue weighted by Gasteiger charge is -2.12. The minimum atomic E-state index is -0.911. The van der Waals surface area contributed by atoms with Crippen LogP contribution in [0.2, 0.25) is 0 Å². The maximum Gasteiger partial charge on any atom is 0.328 e. The van der Waals surface area contributed by atoms with E-state index in [0.717, 1.165) is 47.0 Å². The van der Waals surface area contributed by atoms with Crippen LogP contribution in [0.5, 0.6) is 0 Å². The van der Waals surface area contributed by atoms with Crippen LogP contribution in [0.3, 0.4) is 0 Å². The molecule has 0 saturated carbocycles. The van der Waals surface area contributed by atoms with Crippen LogP contribution < -0.4 is 0 Å². The molecule has 0 saturated heterocycles. The number of nitrogens with zero attached hydrogens (tertiary/aromatic N) is 1. The van der Waals surface area contributed by atoms with Crippen LogP contribution in [0.25, 0.3) is 17.0 Å². The highest BCUT2D eigenvalue weighted by Crippen LogP contribution is 2.33. The van der Waals surface area contributed by atoms with Crippen molar-refractivity contribution in [2.75, 3.05) is 0 Å². The predicted molar refractivity (Wildman–Crippen MR) is 79.9 cm³/mol. The molecule has 1 aliphatic rings. The Bertz CT molecular complexity index is 744. The van der Waals surface area contributed by atoms with Crippen molar-refractivity contribution in [1.82, 2.24) is 4.98 Å². The number of benzene rings is 1. The minimum absolute atomic E-state index is 0.911. The number of fused-ring (bicyclic) bond motifs is 2. The zero-order valence-corrected chi connectivity index (χ0v) is 11.7. The van der Waals surface area contributed by atoms with Crippen molar-refractivity contribution in [3.05, 3.63) is 46.2 Å². The Morgan fingerprint density at radius 2 is 2.10 bits per heavy atom. The molecule has 0 fully saturated rings. The van der Waals surface area contributed by atoms with E-state index in [0.29, 0.717) is 0 Å². The van der Waals surface area contributed by atoms with Crippen LogP contribution in [0.1, 0.15) is 34.4 Å². The first-order valence-electron chi connectivity index (χ1n) is 6.90. The van der Waals surface area contributed by atoms with E-state index >= 15 is 0 Å². The number of rotatable bonds is 2. The standard InChI is InChI=1S/C17H17NO2/c1-10-8-11(2)17-13(6-7-16(19)20)12-4-3-5-14(12)18-15(17)9-10/h6-9H,3-5H2,1-2H3,(H,19,20)/b7-6+. The Morgan fingerprint density at radius 1 is 1.30 bits per heavy atom. The van der Waals surface area contributed by atoms with E-state index in [-0.39, 0.29) is 0 Å². The molecule has 3 heteroatoms. The van der Waals surface area contributed by atoms with Gasteiger partial charge in [0.2, 0.25) is 0 Å². The second-order valence-electron chi connectivity index (χ2n) is 5.45. The molecule has 1 N–H and O–H groups in total. The number of hydrogen-bond donors (Lipinski definition) is 1. The zero-order valence-electron chi connectivity index (χ0n) is 11.7. The van der Waals surface area contributed by atoms with Crippen molar-refractivity contribution >= 4 is 22.9 Å². The van der Waals surface area contributed by atoms with Gasteiger partial charge in [-0.1, -0.05) is 6.07 Å². The van der Waals surface area contributed by atoms with Gasteiger partial charge in [-0.25, -0.2) is 4.79 Å². The highest BCUT2D eigenvalue weighted by Gasteiger charge is 2.19. The minimum Gasteiger partial charge on any atom is -0.478 e. The number of aryl methyl sites for hydroxylation is 3. The van der Waals surface area contributed by atoms with Crippen LogP contribution in [0.4, 0.5) is 0 Å². The summed E-state index contributed by atoms with van der Waals surface area (Å²) in [5, 5.41) is 10.00. The zero-order chi connectivity index (χ0) is 14.3. The average Bonchev–Trinajstić information content (AvgIpc) is 2.81. The summed E-state index contributed by atoms with van der Waals surface area (Å²) < 4.78 is 0. The molecule has 1 heterocycles. The van der Waals surface area contributed by atoms with Gasteiger partial charge in [-0.05, 0) is 67.5 Å². The van der Waals surface area contributed by atoms with Crippen molar-refractivity contribution in [3.63, 3.8) is 0 Å². The fourth-order valence-corrected chi connectivity index (χ4v) is 3.16. The van der Waals surface area contributed by atoms with E-state index in [4.69, 9.17) is 10.1 Å². The summed E-state index contributed by atoms with van der Waals surface area (Å²) >= 11 is 0. The van der Waals surface area contributed by atoms with Crippen molar-refractivity contribution in [2.24, 2.45) is 0 Å². The van der Waals surface area contributed by atoms with Crippen molar-refractivity contribution < 1.29 is 9.90 Å². The first-order valence-corrected chi connectivity index (χ1v) is 6.90. The molecule has 0 atom stereocenters. The number of pyridine rings is 1. The molecule has 0 unspecified atom stereocenters. The summed E-state index contributed by atoms with van der Waals surface area (Å²) in [7, 11) is 0. The predicted octanol–water partition coefficient (Wildman–Crippen LogP) is 3.44. The largest absolute Gasteiger partial charge is 0.478 e. The molecule has 1 aliphatic carbocycles. The fraction of sp³-hybridized carbons (Fsp3) is 0.294. The fourth-order valence-electron chi connectivity index (χ4n) is 3.16. The molecular formula is C17H17NO2. The lowest BCUT2D eigenvalue weighted by Crippen LogP contribution is -1.98. The summed E-state index contributed by atoms with van der Waals surface area (Å²) in [6, 6.07) is 4.21. The Balaban J connectivity index is 2.36. The van der Waals surface area contributed by atoms with Gasteiger partial charge in [0.25, 0.3) is 0 Å². The highest BCUT2D eigenvalue weighted by atomic mass is 16.4. The summed E-state index contributed by atoms with van der Waals surface area (Å²) in [5.41, 5.74) is 6.73. The molecule has 0 amide bonds. The lowest BCUT2D eigenvalue weighted by atomic mass is 9.96. The van der Waals surface area contributed by atoms with Gasteiger partial charge in [0.15, 0.2) is 0 Å². The Kier molecular flexibility index (Phi) is 3.05. The molecule has 0 aliphatic heterocycles. The summed E-state index contributed by atoms with van der Waals surface area (Å²) in [5.74, 6) is -0.911. The topological polar surface area (TPSA) is 50.2 Å². The van der Waals surface area contributed by atoms with E-state index in [1.165, 1.54) is 17.2 Å². The van der Waals surface area contributed by atoms with Crippen LogP contribution in [0, 0.1) is 13.8 Å². The molecule has 0 spiro atoms. The molecule has 20 heavy (non-hydrogen) atoms. The molecule has 3 nitrogen and oxygen atoms in total. The molecular weight excluding hydrogens is 250 g/mol. The van der Waals surface area contributed by atoms with Crippen molar-refractivity contribution in [3.8, 4) is 0 Å². The summed E-state index contributed by atoms with van der Waals surface area (Å²) in [6.07, 6.45) is 6.05. The monoisotopic (exact) mass is 267 g/mol. The third-order valence-corrected chi connectivity index (χ3v) is 3.89. The van der Waals surface area contributed by atoms with E-state index < -0.39 is 5.97 Å². The van der Waals surface area contributed by atoms with Crippen LogP contribution in [0.15, 0.2) is 18.2 Å². The normalized spacial score (nSPS) is 14.1. The van der Waals surface area contributed by atoms with Gasteiger partial charge in [0.1, 0.15) is 0 Å². The summed E-state index contributed by atoms with van der Waals surface area (Å²) in [6.45, 7) is 4.13. The van der Waals surface area contributed by atoms with E-state index in [1.54, 1.807) is 6.08 Å². The number of carboxylic acids is 1. The Hall–Kier alpha value is -2.16.